The number of hydrogen-bond donors (Lipinski definition) is 1. The van der Waals surface area contributed by atoms with Crippen LogP contribution < -0.4 is 5.32 Å². The maximum Gasteiger partial charge on any atom is 0.317 e. The predicted molar refractivity (Wildman–Crippen MR) is 95.1 cm³/mol. The van der Waals surface area contributed by atoms with E-state index in [1.54, 1.807) is 13.0 Å². The van der Waals surface area contributed by atoms with Gasteiger partial charge in [0.05, 0.1) is 6.04 Å². The van der Waals surface area contributed by atoms with Gasteiger partial charge in [0.1, 0.15) is 5.82 Å². The fourth-order valence-corrected chi connectivity index (χ4v) is 3.58. The highest BCUT2D eigenvalue weighted by Gasteiger charge is 2.27. The lowest BCUT2D eigenvalue weighted by Gasteiger charge is -2.40. The maximum absolute atomic E-state index is 13.7. The molecule has 2 saturated heterocycles. The van der Waals surface area contributed by atoms with Gasteiger partial charge >= 0.3 is 6.03 Å². The van der Waals surface area contributed by atoms with E-state index in [1.807, 2.05) is 17.9 Å². The highest BCUT2D eigenvalue weighted by Crippen LogP contribution is 2.18. The quantitative estimate of drug-likeness (QED) is 0.913. The zero-order valence-electron chi connectivity index (χ0n) is 15.1. The Hall–Kier alpha value is -1.66. The Kier molecular flexibility index (Phi) is 5.91. The number of nitrogens with one attached hydrogen (secondary N) is 1. The van der Waals surface area contributed by atoms with E-state index in [1.165, 1.54) is 6.07 Å². The summed E-state index contributed by atoms with van der Waals surface area (Å²) < 4.78 is 19.1. The molecule has 3 rings (SSSR count). The second-order valence-corrected chi connectivity index (χ2v) is 7.05. The summed E-state index contributed by atoms with van der Waals surface area (Å²) in [5.74, 6) is -0.233. The van der Waals surface area contributed by atoms with Crippen LogP contribution in [0, 0.1) is 12.7 Å². The molecule has 1 atom stereocenters. The molecule has 2 heterocycles. The molecule has 6 heteroatoms. The van der Waals surface area contributed by atoms with Crippen molar-refractivity contribution in [1.29, 1.82) is 0 Å². The van der Waals surface area contributed by atoms with E-state index in [0.29, 0.717) is 11.6 Å². The fourth-order valence-electron chi connectivity index (χ4n) is 3.58. The molecule has 25 heavy (non-hydrogen) atoms. The first-order valence-corrected chi connectivity index (χ1v) is 9.18. The SMILES string of the molecule is Cc1ccc([C@@H](C)NC(=O)N2CCN(C3CCOCC3)CC2)cc1F. The van der Waals surface area contributed by atoms with Gasteiger partial charge < -0.3 is 15.0 Å². The second-order valence-electron chi connectivity index (χ2n) is 7.05. The van der Waals surface area contributed by atoms with Gasteiger partial charge in [0.2, 0.25) is 0 Å². The number of amides is 2. The summed E-state index contributed by atoms with van der Waals surface area (Å²) in [6, 6.07) is 5.43. The molecule has 2 amide bonds. The lowest BCUT2D eigenvalue weighted by atomic mass is 10.1. The average molecular weight is 349 g/mol. The minimum Gasteiger partial charge on any atom is -0.381 e. The Morgan fingerprint density at radius 1 is 1.24 bits per heavy atom. The predicted octanol–water partition coefficient (Wildman–Crippen LogP) is 2.70. The summed E-state index contributed by atoms with van der Waals surface area (Å²) in [7, 11) is 0. The van der Waals surface area contributed by atoms with E-state index in [2.05, 4.69) is 10.2 Å². The molecule has 2 aliphatic heterocycles. The van der Waals surface area contributed by atoms with Crippen LogP contribution in [-0.2, 0) is 4.74 Å². The van der Waals surface area contributed by atoms with Gasteiger partial charge in [-0.05, 0) is 43.9 Å². The molecule has 0 bridgehead atoms. The van der Waals surface area contributed by atoms with Crippen molar-refractivity contribution in [2.45, 2.75) is 38.8 Å². The molecule has 1 aromatic carbocycles. The van der Waals surface area contributed by atoms with Crippen LogP contribution in [0.5, 0.6) is 0 Å². The smallest absolute Gasteiger partial charge is 0.317 e. The standard InChI is InChI=1S/C19H28FN3O2/c1-14-3-4-16(13-18(14)20)15(2)21-19(24)23-9-7-22(8-10-23)17-5-11-25-12-6-17/h3-4,13,15,17H,5-12H2,1-2H3,(H,21,24)/t15-/m1/s1. The molecule has 0 aliphatic carbocycles. The van der Waals surface area contributed by atoms with Crippen LogP contribution in [0.3, 0.4) is 0 Å². The van der Waals surface area contributed by atoms with Crippen LogP contribution in [0.1, 0.15) is 36.9 Å². The van der Waals surface area contributed by atoms with Crippen molar-refractivity contribution in [1.82, 2.24) is 15.1 Å². The number of aryl methyl sites for hydroxylation is 1. The molecule has 2 aliphatic rings. The van der Waals surface area contributed by atoms with Gasteiger partial charge in [0, 0.05) is 45.4 Å². The molecular weight excluding hydrogens is 321 g/mol. The first-order chi connectivity index (χ1) is 12.0. The third kappa shape index (κ3) is 4.50. The lowest BCUT2D eigenvalue weighted by Crippen LogP contribution is -2.55. The Morgan fingerprint density at radius 2 is 1.92 bits per heavy atom. The molecule has 5 nitrogen and oxygen atoms in total. The molecule has 0 saturated carbocycles. The fraction of sp³-hybridized carbons (Fsp3) is 0.632. The maximum atomic E-state index is 13.7. The summed E-state index contributed by atoms with van der Waals surface area (Å²) in [4.78, 5) is 16.8. The number of rotatable bonds is 3. The van der Waals surface area contributed by atoms with E-state index in [9.17, 15) is 9.18 Å². The number of carbonyl (C=O) groups is 1. The van der Waals surface area contributed by atoms with Crippen molar-refractivity contribution in [2.75, 3.05) is 39.4 Å². The largest absolute Gasteiger partial charge is 0.381 e. The van der Waals surface area contributed by atoms with Crippen molar-refractivity contribution in [3.63, 3.8) is 0 Å². The number of hydrogen-bond acceptors (Lipinski definition) is 3. The van der Waals surface area contributed by atoms with E-state index in [4.69, 9.17) is 4.74 Å². The molecule has 138 valence electrons. The summed E-state index contributed by atoms with van der Waals surface area (Å²) in [6.07, 6.45) is 2.17. The van der Waals surface area contributed by atoms with Gasteiger partial charge in [0.15, 0.2) is 0 Å². The Balaban J connectivity index is 1.49. The molecule has 0 aromatic heterocycles. The molecular formula is C19H28FN3O2. The Labute approximate surface area is 149 Å². The van der Waals surface area contributed by atoms with E-state index >= 15 is 0 Å². The zero-order chi connectivity index (χ0) is 17.8. The number of urea groups is 1. The van der Waals surface area contributed by atoms with Gasteiger partial charge in [-0.25, -0.2) is 9.18 Å². The minimum absolute atomic E-state index is 0.0693. The molecule has 1 N–H and O–H groups in total. The van der Waals surface area contributed by atoms with Crippen LogP contribution >= 0.6 is 0 Å². The van der Waals surface area contributed by atoms with Crippen LogP contribution in [0.25, 0.3) is 0 Å². The van der Waals surface area contributed by atoms with Crippen LogP contribution in [-0.4, -0.2) is 61.3 Å². The van der Waals surface area contributed by atoms with Crippen LogP contribution in [0.4, 0.5) is 9.18 Å². The third-order valence-corrected chi connectivity index (χ3v) is 5.34. The van der Waals surface area contributed by atoms with Gasteiger partial charge in [-0.3, -0.25) is 4.90 Å². The van der Waals surface area contributed by atoms with Crippen LogP contribution in [0.15, 0.2) is 18.2 Å². The summed E-state index contributed by atoms with van der Waals surface area (Å²) in [5, 5.41) is 2.99. The van der Waals surface area contributed by atoms with Crippen molar-refractivity contribution < 1.29 is 13.9 Å². The normalized spacial score (nSPS) is 21.2. The first kappa shape index (κ1) is 18.1. The number of nitrogens with zero attached hydrogens (tertiary/aromatic N) is 2. The zero-order valence-corrected chi connectivity index (χ0v) is 15.1. The summed E-state index contributed by atoms with van der Waals surface area (Å²) >= 11 is 0. The number of carbonyl (C=O) groups excluding carboxylic acids is 1. The average Bonchev–Trinajstić information content (AvgIpc) is 2.64. The number of benzene rings is 1. The topological polar surface area (TPSA) is 44.8 Å². The molecule has 2 fully saturated rings. The summed E-state index contributed by atoms with van der Waals surface area (Å²) in [5.41, 5.74) is 1.41. The van der Waals surface area contributed by atoms with Crippen molar-refractivity contribution in [2.24, 2.45) is 0 Å². The lowest BCUT2D eigenvalue weighted by molar-refractivity contribution is 0.0186. The number of piperazine rings is 1. The van der Waals surface area contributed by atoms with Crippen LogP contribution in [0.2, 0.25) is 0 Å². The first-order valence-electron chi connectivity index (χ1n) is 9.18. The Morgan fingerprint density at radius 3 is 2.56 bits per heavy atom. The summed E-state index contributed by atoms with van der Waals surface area (Å²) in [6.45, 7) is 8.60. The monoisotopic (exact) mass is 349 g/mol. The van der Waals surface area contributed by atoms with E-state index in [0.717, 1.165) is 57.8 Å². The molecule has 0 radical (unpaired) electrons. The van der Waals surface area contributed by atoms with Gasteiger partial charge in [-0.1, -0.05) is 12.1 Å². The molecule has 0 spiro atoms. The van der Waals surface area contributed by atoms with Crippen molar-refractivity contribution in [3.8, 4) is 0 Å². The third-order valence-electron chi connectivity index (χ3n) is 5.34. The van der Waals surface area contributed by atoms with Crippen molar-refractivity contribution in [3.05, 3.63) is 35.1 Å². The minimum atomic E-state index is -0.233. The van der Waals surface area contributed by atoms with Gasteiger partial charge in [-0.15, -0.1) is 0 Å². The second kappa shape index (κ2) is 8.15. The van der Waals surface area contributed by atoms with Crippen molar-refractivity contribution >= 4 is 6.03 Å². The Bertz CT molecular complexity index is 596. The van der Waals surface area contributed by atoms with E-state index in [-0.39, 0.29) is 17.9 Å². The van der Waals surface area contributed by atoms with E-state index < -0.39 is 0 Å². The van der Waals surface area contributed by atoms with Gasteiger partial charge in [-0.2, -0.15) is 0 Å². The number of halogens is 1. The highest BCUT2D eigenvalue weighted by molar-refractivity contribution is 5.74. The molecule has 0 unspecified atom stereocenters. The van der Waals surface area contributed by atoms with Gasteiger partial charge in [0.25, 0.3) is 0 Å². The number of ether oxygens (including phenoxy) is 1. The molecule has 1 aromatic rings. The highest BCUT2D eigenvalue weighted by atomic mass is 19.1.